The largest absolute Gasteiger partial charge is 0.324 e. The van der Waals surface area contributed by atoms with Gasteiger partial charge >= 0.3 is 0 Å². The van der Waals surface area contributed by atoms with Crippen molar-refractivity contribution in [3.8, 4) is 5.69 Å². The Labute approximate surface area is 123 Å². The molecule has 0 radical (unpaired) electrons. The first-order valence-corrected chi connectivity index (χ1v) is 7.26. The molecule has 0 spiro atoms. The van der Waals surface area contributed by atoms with Gasteiger partial charge in [0.05, 0.1) is 15.7 Å². The fourth-order valence-corrected chi connectivity index (χ4v) is 3.32. The summed E-state index contributed by atoms with van der Waals surface area (Å²) < 4.78 is 2.20. The Kier molecular flexibility index (Phi) is 3.34. The Hall–Kier alpha value is -0.960. The van der Waals surface area contributed by atoms with E-state index in [2.05, 4.69) is 17.6 Å². The minimum Gasteiger partial charge on any atom is -0.324 e. The van der Waals surface area contributed by atoms with Crippen molar-refractivity contribution < 1.29 is 0 Å². The maximum atomic E-state index is 6.35. The Morgan fingerprint density at radius 2 is 2.11 bits per heavy atom. The monoisotopic (exact) mass is 294 g/mol. The molecule has 0 saturated heterocycles. The lowest BCUT2D eigenvalue weighted by molar-refractivity contribution is 0.560. The standard InChI is InChI=1S/C15H16Cl2N2/c1-9-8-10-12(18)5-3-6-13(10)19(9)14-7-2-4-11(16)15(14)17/h2,4,7-8,12H,3,5-6,18H2,1H3. The van der Waals surface area contributed by atoms with Crippen molar-refractivity contribution in [2.24, 2.45) is 5.73 Å². The summed E-state index contributed by atoms with van der Waals surface area (Å²) in [5.41, 5.74) is 10.8. The normalized spacial score (nSPS) is 18.4. The van der Waals surface area contributed by atoms with Gasteiger partial charge in [0, 0.05) is 17.4 Å². The van der Waals surface area contributed by atoms with Crippen LogP contribution in [0.15, 0.2) is 24.3 Å². The second-order valence-corrected chi connectivity index (χ2v) is 5.88. The van der Waals surface area contributed by atoms with Crippen LogP contribution in [0.4, 0.5) is 0 Å². The maximum Gasteiger partial charge on any atom is 0.0832 e. The summed E-state index contributed by atoms with van der Waals surface area (Å²) >= 11 is 12.5. The number of nitrogens with zero attached hydrogens (tertiary/aromatic N) is 1. The molecule has 1 aromatic heterocycles. The predicted molar refractivity (Wildman–Crippen MR) is 80.4 cm³/mol. The lowest BCUT2D eigenvalue weighted by atomic mass is 9.93. The Morgan fingerprint density at radius 1 is 1.32 bits per heavy atom. The van der Waals surface area contributed by atoms with Gasteiger partial charge in [-0.2, -0.15) is 0 Å². The summed E-state index contributed by atoms with van der Waals surface area (Å²) in [5.74, 6) is 0. The smallest absolute Gasteiger partial charge is 0.0832 e. The third-order valence-corrected chi connectivity index (χ3v) is 4.63. The molecule has 1 aliphatic carbocycles. The molecule has 1 aromatic carbocycles. The number of halogens is 2. The van der Waals surface area contributed by atoms with Crippen LogP contribution in [0.3, 0.4) is 0 Å². The summed E-state index contributed by atoms with van der Waals surface area (Å²) in [4.78, 5) is 0. The highest BCUT2D eigenvalue weighted by Crippen LogP contribution is 2.36. The van der Waals surface area contributed by atoms with Gasteiger partial charge in [-0.3, -0.25) is 0 Å². The third kappa shape index (κ3) is 2.08. The van der Waals surface area contributed by atoms with Crippen LogP contribution in [-0.4, -0.2) is 4.57 Å². The molecule has 2 N–H and O–H groups in total. The van der Waals surface area contributed by atoms with Crippen LogP contribution < -0.4 is 5.73 Å². The van der Waals surface area contributed by atoms with Gasteiger partial charge in [-0.1, -0.05) is 29.3 Å². The van der Waals surface area contributed by atoms with Gasteiger partial charge in [0.1, 0.15) is 0 Å². The molecule has 2 nitrogen and oxygen atoms in total. The van der Waals surface area contributed by atoms with E-state index in [4.69, 9.17) is 28.9 Å². The summed E-state index contributed by atoms with van der Waals surface area (Å²) in [6, 6.07) is 8.06. The van der Waals surface area contributed by atoms with Crippen LogP contribution in [0, 0.1) is 6.92 Å². The SMILES string of the molecule is Cc1cc2c(n1-c1cccc(Cl)c1Cl)CCCC2N. The molecular weight excluding hydrogens is 279 g/mol. The van der Waals surface area contributed by atoms with Crippen LogP contribution in [0.25, 0.3) is 5.69 Å². The number of fused-ring (bicyclic) bond motifs is 1. The lowest BCUT2D eigenvalue weighted by Crippen LogP contribution is -2.18. The van der Waals surface area contributed by atoms with Crippen LogP contribution >= 0.6 is 23.2 Å². The summed E-state index contributed by atoms with van der Waals surface area (Å²) in [7, 11) is 0. The van der Waals surface area contributed by atoms with E-state index in [0.29, 0.717) is 10.0 Å². The van der Waals surface area contributed by atoms with Crippen molar-refractivity contribution in [2.45, 2.75) is 32.2 Å². The van der Waals surface area contributed by atoms with E-state index in [-0.39, 0.29) is 6.04 Å². The summed E-state index contributed by atoms with van der Waals surface area (Å²) in [6.07, 6.45) is 3.22. The summed E-state index contributed by atoms with van der Waals surface area (Å²) in [5, 5.41) is 1.19. The quantitative estimate of drug-likeness (QED) is 0.829. The Balaban J connectivity index is 2.23. The molecule has 0 amide bonds. The second-order valence-electron chi connectivity index (χ2n) is 5.09. The summed E-state index contributed by atoms with van der Waals surface area (Å²) in [6.45, 7) is 2.09. The van der Waals surface area contributed by atoms with E-state index in [9.17, 15) is 0 Å². The number of aromatic nitrogens is 1. The molecule has 0 bridgehead atoms. The van der Waals surface area contributed by atoms with Crippen LogP contribution in [0.5, 0.6) is 0 Å². The van der Waals surface area contributed by atoms with Gasteiger partial charge in [0.15, 0.2) is 0 Å². The van der Waals surface area contributed by atoms with Crippen molar-refractivity contribution in [1.29, 1.82) is 0 Å². The maximum absolute atomic E-state index is 6.35. The number of nitrogens with two attached hydrogens (primary N) is 1. The molecule has 0 fully saturated rings. The molecule has 1 atom stereocenters. The number of aryl methyl sites for hydroxylation is 1. The van der Waals surface area contributed by atoms with Crippen molar-refractivity contribution in [3.05, 3.63) is 51.3 Å². The third-order valence-electron chi connectivity index (χ3n) is 3.82. The molecule has 1 heterocycles. The highest BCUT2D eigenvalue weighted by atomic mass is 35.5. The lowest BCUT2D eigenvalue weighted by Gasteiger charge is -2.21. The van der Waals surface area contributed by atoms with Crippen LogP contribution in [-0.2, 0) is 6.42 Å². The molecular formula is C15H16Cl2N2. The molecule has 0 aliphatic heterocycles. The molecule has 1 aliphatic rings. The molecule has 3 rings (SSSR count). The molecule has 0 saturated carbocycles. The zero-order valence-corrected chi connectivity index (χ0v) is 12.3. The predicted octanol–water partition coefficient (Wildman–Crippen LogP) is 4.43. The van der Waals surface area contributed by atoms with E-state index < -0.39 is 0 Å². The minimum atomic E-state index is 0.140. The molecule has 4 heteroatoms. The average molecular weight is 295 g/mol. The topological polar surface area (TPSA) is 30.9 Å². The Bertz CT molecular complexity index is 631. The Morgan fingerprint density at radius 3 is 2.89 bits per heavy atom. The number of rotatable bonds is 1. The van der Waals surface area contributed by atoms with E-state index in [1.165, 1.54) is 11.3 Å². The van der Waals surface area contributed by atoms with Crippen molar-refractivity contribution in [2.75, 3.05) is 0 Å². The average Bonchev–Trinajstić information content (AvgIpc) is 2.71. The van der Waals surface area contributed by atoms with Crippen LogP contribution in [0.2, 0.25) is 10.0 Å². The fraction of sp³-hybridized carbons (Fsp3) is 0.333. The first-order chi connectivity index (χ1) is 9.09. The van der Waals surface area contributed by atoms with Crippen molar-refractivity contribution in [1.82, 2.24) is 4.57 Å². The van der Waals surface area contributed by atoms with E-state index in [1.807, 2.05) is 18.2 Å². The zero-order valence-electron chi connectivity index (χ0n) is 10.8. The first-order valence-electron chi connectivity index (χ1n) is 6.50. The highest BCUT2D eigenvalue weighted by Gasteiger charge is 2.23. The van der Waals surface area contributed by atoms with Gasteiger partial charge in [-0.15, -0.1) is 0 Å². The number of benzene rings is 1. The van der Waals surface area contributed by atoms with Crippen LogP contribution in [0.1, 0.15) is 35.8 Å². The fourth-order valence-electron chi connectivity index (χ4n) is 2.94. The van der Waals surface area contributed by atoms with E-state index in [0.717, 1.165) is 30.6 Å². The zero-order chi connectivity index (χ0) is 13.6. The molecule has 1 unspecified atom stereocenters. The van der Waals surface area contributed by atoms with Gasteiger partial charge in [-0.05, 0) is 49.9 Å². The van der Waals surface area contributed by atoms with Gasteiger partial charge < -0.3 is 10.3 Å². The number of hydrogen-bond donors (Lipinski definition) is 1. The first kappa shape index (κ1) is 13.0. The number of hydrogen-bond acceptors (Lipinski definition) is 1. The highest BCUT2D eigenvalue weighted by molar-refractivity contribution is 6.43. The van der Waals surface area contributed by atoms with Crippen molar-refractivity contribution in [3.63, 3.8) is 0 Å². The van der Waals surface area contributed by atoms with Gasteiger partial charge in [-0.25, -0.2) is 0 Å². The minimum absolute atomic E-state index is 0.140. The molecule has 2 aromatic rings. The van der Waals surface area contributed by atoms with Crippen molar-refractivity contribution >= 4 is 23.2 Å². The van der Waals surface area contributed by atoms with E-state index in [1.54, 1.807) is 0 Å². The molecule has 100 valence electrons. The second kappa shape index (κ2) is 4.86. The van der Waals surface area contributed by atoms with E-state index >= 15 is 0 Å². The van der Waals surface area contributed by atoms with Gasteiger partial charge in [0.2, 0.25) is 0 Å². The molecule has 19 heavy (non-hydrogen) atoms. The van der Waals surface area contributed by atoms with Gasteiger partial charge in [0.25, 0.3) is 0 Å².